The summed E-state index contributed by atoms with van der Waals surface area (Å²) in [6, 6.07) is 0. The van der Waals surface area contributed by atoms with E-state index in [-0.39, 0.29) is 0 Å². The minimum Gasteiger partial charge on any atom is -0.298 e. The fraction of sp³-hybridized carbons (Fsp3) is 0.889. The van der Waals surface area contributed by atoms with Gasteiger partial charge in [0.15, 0.2) is 0 Å². The fourth-order valence-electron chi connectivity index (χ4n) is 0.755. The molecule has 12 heavy (non-hydrogen) atoms. The zero-order valence-electron chi connectivity index (χ0n) is 8.76. The highest BCUT2D eigenvalue weighted by atomic mass is 32.4. The second kappa shape index (κ2) is 6.72. The highest BCUT2D eigenvalue weighted by Crippen LogP contribution is 2.19. The van der Waals surface area contributed by atoms with Crippen molar-refractivity contribution in [2.45, 2.75) is 39.4 Å². The molecule has 0 saturated carbocycles. The van der Waals surface area contributed by atoms with Crippen molar-refractivity contribution >= 4 is 24.6 Å². The maximum atomic E-state index is 4.29. The van der Waals surface area contributed by atoms with Crippen LogP contribution < -0.4 is 0 Å². The number of nitrogens with zero attached hydrogens (tertiary/aromatic N) is 1. The molecule has 1 nitrogen and oxygen atoms in total. The third-order valence-electron chi connectivity index (χ3n) is 1.28. The molecule has 0 aliphatic carbocycles. The molecule has 0 atom stereocenters. The molecule has 0 radical (unpaired) electrons. The largest absolute Gasteiger partial charge is 0.298 e. The van der Waals surface area contributed by atoms with Gasteiger partial charge >= 0.3 is 0 Å². The molecule has 0 saturated heterocycles. The van der Waals surface area contributed by atoms with Gasteiger partial charge in [-0.15, -0.1) is 0 Å². The Balaban J connectivity index is 3.17. The lowest BCUT2D eigenvalue weighted by molar-refractivity contribution is 0.945. The van der Waals surface area contributed by atoms with Crippen LogP contribution in [-0.4, -0.2) is 25.7 Å². The quantitative estimate of drug-likeness (QED) is 0.366. The summed E-state index contributed by atoms with van der Waals surface area (Å²) in [6.45, 7) is 10.3. The highest BCUT2D eigenvalue weighted by molar-refractivity contribution is 8.28. The number of hydrogen-bond acceptors (Lipinski definition) is 2. The Morgan fingerprint density at radius 3 is 2.50 bits per heavy atom. The van der Waals surface area contributed by atoms with Gasteiger partial charge in [0.25, 0.3) is 0 Å². The van der Waals surface area contributed by atoms with Crippen LogP contribution in [0.15, 0.2) is 4.99 Å². The van der Waals surface area contributed by atoms with Crippen LogP contribution in [0.3, 0.4) is 0 Å². The van der Waals surface area contributed by atoms with Crippen molar-refractivity contribution in [2.24, 2.45) is 4.99 Å². The van der Waals surface area contributed by atoms with Crippen LogP contribution in [0.1, 0.15) is 19.8 Å². The monoisotopic (exact) mass is 203 g/mol. The molecular formula is C9H21NSSi. The van der Waals surface area contributed by atoms with E-state index in [1.54, 1.807) is 0 Å². The Morgan fingerprint density at radius 1 is 1.33 bits per heavy atom. The first kappa shape index (κ1) is 12.2. The molecule has 0 aromatic carbocycles. The van der Waals surface area contributed by atoms with E-state index in [2.05, 4.69) is 42.8 Å². The van der Waals surface area contributed by atoms with E-state index in [9.17, 15) is 0 Å². The van der Waals surface area contributed by atoms with Gasteiger partial charge in [-0.25, -0.2) is 0 Å². The Kier molecular flexibility index (Phi) is 6.85. The standard InChI is InChI=1S/C9H21NSSi/c1-5-7-10-8-6-9-11-12(2,3)4/h7H,5-6,8-9H2,1-4H3. The first-order chi connectivity index (χ1) is 5.56. The van der Waals surface area contributed by atoms with Crippen molar-refractivity contribution in [1.29, 1.82) is 0 Å². The number of hydrogen-bond donors (Lipinski definition) is 0. The van der Waals surface area contributed by atoms with E-state index in [0.29, 0.717) is 0 Å². The summed E-state index contributed by atoms with van der Waals surface area (Å²) in [6.07, 6.45) is 4.33. The molecule has 0 aromatic rings. The predicted octanol–water partition coefficient (Wildman–Crippen LogP) is 3.43. The Hall–Kier alpha value is 0.237. The van der Waals surface area contributed by atoms with Crippen LogP contribution in [0, 0.1) is 0 Å². The molecule has 0 fully saturated rings. The van der Waals surface area contributed by atoms with Crippen LogP contribution in [0.2, 0.25) is 19.6 Å². The van der Waals surface area contributed by atoms with Crippen molar-refractivity contribution in [1.82, 2.24) is 0 Å². The van der Waals surface area contributed by atoms with Gasteiger partial charge < -0.3 is 0 Å². The van der Waals surface area contributed by atoms with Gasteiger partial charge in [0.05, 0.1) is 0 Å². The van der Waals surface area contributed by atoms with E-state index in [1.807, 2.05) is 6.21 Å². The lowest BCUT2D eigenvalue weighted by atomic mass is 10.5. The summed E-state index contributed by atoms with van der Waals surface area (Å²) in [5.74, 6) is 1.29. The fourth-order valence-corrected chi connectivity index (χ4v) is 3.91. The lowest BCUT2D eigenvalue weighted by Crippen LogP contribution is -2.14. The van der Waals surface area contributed by atoms with E-state index in [0.717, 1.165) is 13.0 Å². The van der Waals surface area contributed by atoms with Gasteiger partial charge in [-0.3, -0.25) is 4.99 Å². The molecule has 0 bridgehead atoms. The summed E-state index contributed by atoms with van der Waals surface area (Å²) >= 11 is 2.16. The maximum Gasteiger partial charge on any atom is 0.108 e. The Labute approximate surface area is 81.7 Å². The molecule has 0 amide bonds. The van der Waals surface area contributed by atoms with Crippen molar-refractivity contribution in [2.75, 3.05) is 12.3 Å². The molecule has 0 heterocycles. The van der Waals surface area contributed by atoms with Crippen molar-refractivity contribution < 1.29 is 0 Å². The molecule has 0 spiro atoms. The summed E-state index contributed by atoms with van der Waals surface area (Å²) in [4.78, 5) is 4.29. The van der Waals surface area contributed by atoms with Crippen molar-refractivity contribution in [3.63, 3.8) is 0 Å². The van der Waals surface area contributed by atoms with Gasteiger partial charge in [0.1, 0.15) is 7.22 Å². The molecule has 0 rings (SSSR count). The molecule has 0 aromatic heterocycles. The van der Waals surface area contributed by atoms with Crippen LogP contribution in [0.5, 0.6) is 0 Å². The third kappa shape index (κ3) is 10.2. The van der Waals surface area contributed by atoms with Crippen molar-refractivity contribution in [3.05, 3.63) is 0 Å². The van der Waals surface area contributed by atoms with E-state index in [1.165, 1.54) is 12.2 Å². The second-order valence-electron chi connectivity index (χ2n) is 3.81. The van der Waals surface area contributed by atoms with Crippen LogP contribution >= 0.6 is 11.2 Å². The van der Waals surface area contributed by atoms with Gasteiger partial charge in [0.2, 0.25) is 0 Å². The molecule has 72 valence electrons. The normalized spacial score (nSPS) is 12.7. The predicted molar refractivity (Wildman–Crippen MR) is 64.1 cm³/mol. The molecule has 0 aliphatic rings. The minimum atomic E-state index is -0.861. The van der Waals surface area contributed by atoms with Crippen molar-refractivity contribution in [3.8, 4) is 0 Å². The van der Waals surface area contributed by atoms with Gasteiger partial charge in [0, 0.05) is 6.54 Å². The van der Waals surface area contributed by atoms with Gasteiger partial charge in [-0.05, 0) is 24.8 Å². The molecular weight excluding hydrogens is 182 g/mol. The average molecular weight is 203 g/mol. The van der Waals surface area contributed by atoms with Crippen LogP contribution in [-0.2, 0) is 0 Å². The molecule has 0 aliphatic heterocycles. The minimum absolute atomic E-state index is 0.861. The molecule has 3 heteroatoms. The highest BCUT2D eigenvalue weighted by Gasteiger charge is 2.11. The van der Waals surface area contributed by atoms with E-state index < -0.39 is 7.22 Å². The zero-order chi connectivity index (χ0) is 9.45. The smallest absolute Gasteiger partial charge is 0.108 e. The summed E-state index contributed by atoms with van der Waals surface area (Å²) in [7, 11) is -0.861. The van der Waals surface area contributed by atoms with E-state index >= 15 is 0 Å². The summed E-state index contributed by atoms with van der Waals surface area (Å²) in [5.41, 5.74) is 0. The second-order valence-corrected chi connectivity index (χ2v) is 13.3. The summed E-state index contributed by atoms with van der Waals surface area (Å²) < 4.78 is 0. The van der Waals surface area contributed by atoms with Crippen LogP contribution in [0.25, 0.3) is 0 Å². The first-order valence-corrected chi connectivity index (χ1v) is 9.89. The third-order valence-corrected chi connectivity index (χ3v) is 5.85. The number of aliphatic imine (C=N–C) groups is 1. The topological polar surface area (TPSA) is 12.4 Å². The zero-order valence-corrected chi connectivity index (χ0v) is 10.6. The van der Waals surface area contributed by atoms with Crippen LogP contribution in [0.4, 0.5) is 0 Å². The maximum absolute atomic E-state index is 4.29. The lowest BCUT2D eigenvalue weighted by Gasteiger charge is -2.13. The van der Waals surface area contributed by atoms with Gasteiger partial charge in [-0.1, -0.05) is 26.6 Å². The summed E-state index contributed by atoms with van der Waals surface area (Å²) in [5, 5.41) is 0. The first-order valence-electron chi connectivity index (χ1n) is 4.68. The average Bonchev–Trinajstić information content (AvgIpc) is 1.94. The number of rotatable bonds is 6. The Bertz CT molecular complexity index is 129. The van der Waals surface area contributed by atoms with Gasteiger partial charge in [-0.2, -0.15) is 11.2 Å². The molecule has 0 N–H and O–H groups in total. The van der Waals surface area contributed by atoms with E-state index in [4.69, 9.17) is 0 Å². The molecule has 0 unspecified atom stereocenters. The SMILES string of the molecule is CCC=NCCCS[Si](C)(C)C. The Morgan fingerprint density at radius 2 is 2.00 bits per heavy atom.